The van der Waals surface area contributed by atoms with Gasteiger partial charge >= 0.3 is 5.16 Å². The molecule has 0 aliphatic carbocycles. The van der Waals surface area contributed by atoms with Crippen molar-refractivity contribution in [1.82, 2.24) is 15.6 Å². The lowest BCUT2D eigenvalue weighted by Crippen LogP contribution is -2.34. The summed E-state index contributed by atoms with van der Waals surface area (Å²) < 4.78 is 17.8. The highest BCUT2D eigenvalue weighted by molar-refractivity contribution is 7.99. The van der Waals surface area contributed by atoms with Gasteiger partial charge in [0.1, 0.15) is 5.69 Å². The van der Waals surface area contributed by atoms with Gasteiger partial charge in [-0.05, 0) is 65.9 Å². The lowest BCUT2D eigenvalue weighted by atomic mass is 10.2. The number of aromatic hydroxyl groups is 1. The minimum absolute atomic E-state index is 0.0262. The number of H-pyrrole nitrogens is 1. The van der Waals surface area contributed by atoms with Crippen molar-refractivity contribution in [3.8, 4) is 40.1 Å². The number of nitrogens with zero attached hydrogens (tertiary/aromatic N) is 3. The number of aromatic amines is 1. The Labute approximate surface area is 217 Å². The second-order valence-corrected chi connectivity index (χ2v) is 8.55. The number of phenols is 1. The van der Waals surface area contributed by atoms with Gasteiger partial charge in [0.2, 0.25) is 0 Å². The van der Waals surface area contributed by atoms with Crippen molar-refractivity contribution in [2.45, 2.75) is 5.16 Å². The molecule has 3 aromatic carbocycles. The average molecular weight is 521 g/mol. The van der Waals surface area contributed by atoms with E-state index in [2.05, 4.69) is 20.7 Å². The fourth-order valence-electron chi connectivity index (χ4n) is 3.50. The number of hydrogen-bond acceptors (Lipinski definition) is 8. The lowest BCUT2D eigenvalue weighted by molar-refractivity contribution is -0.625. The van der Waals surface area contributed by atoms with Crippen molar-refractivity contribution in [3.05, 3.63) is 72.3 Å². The molecule has 11 heteroatoms. The van der Waals surface area contributed by atoms with Crippen molar-refractivity contribution < 1.29 is 28.7 Å². The first kappa shape index (κ1) is 25.6. The smallest absolute Gasteiger partial charge is 0.342 e. The third-order valence-electron chi connectivity index (χ3n) is 5.28. The zero-order valence-electron chi connectivity index (χ0n) is 20.5. The zero-order valence-corrected chi connectivity index (χ0v) is 21.3. The van der Waals surface area contributed by atoms with E-state index in [1.54, 1.807) is 26.4 Å². The number of benzene rings is 3. The number of methoxy groups -OCH3 is 3. The maximum atomic E-state index is 12.5. The largest absolute Gasteiger partial charge is 0.504 e. The Balaban J connectivity index is 1.52. The van der Waals surface area contributed by atoms with Gasteiger partial charge in [-0.2, -0.15) is 9.67 Å². The van der Waals surface area contributed by atoms with Crippen LogP contribution >= 0.6 is 11.8 Å². The van der Waals surface area contributed by atoms with Gasteiger partial charge in [0, 0.05) is 0 Å². The Hall–Kier alpha value is -4.51. The number of hydrazone groups is 1. The molecule has 0 saturated carbocycles. The molecule has 0 fully saturated rings. The summed E-state index contributed by atoms with van der Waals surface area (Å²) >= 11 is 1.26. The molecule has 0 aliphatic heterocycles. The van der Waals surface area contributed by atoms with Crippen LogP contribution in [0.5, 0.6) is 23.0 Å². The molecule has 1 amide bonds. The molecule has 4 rings (SSSR count). The number of rotatable bonds is 10. The van der Waals surface area contributed by atoms with Gasteiger partial charge in [-0.3, -0.25) is 4.79 Å². The molecular formula is C26H26N5O5S+. The highest BCUT2D eigenvalue weighted by Gasteiger charge is 2.25. The molecule has 1 aromatic heterocycles. The predicted molar refractivity (Wildman–Crippen MR) is 140 cm³/mol. The minimum atomic E-state index is -0.303. The predicted octanol–water partition coefficient (Wildman–Crippen LogP) is 3.33. The maximum absolute atomic E-state index is 12.5. The van der Waals surface area contributed by atoms with Gasteiger partial charge in [0.25, 0.3) is 11.7 Å². The number of amides is 1. The standard InChI is InChI=1S/C26H25N5O5S/c1-34-21-12-10-18(14-23(21)36-3)25-29-30-26(31(25)19-7-5-4-6-8-19)37-16-24(33)28-27-15-17-9-11-20(32)22(13-17)35-2/h4-15H,16H2,1-3H3,(H2,27,28,32,33)/p+1. The molecule has 1 heterocycles. The highest BCUT2D eigenvalue weighted by atomic mass is 32.2. The second kappa shape index (κ2) is 12.0. The van der Waals surface area contributed by atoms with Crippen LogP contribution in [0.2, 0.25) is 0 Å². The fraction of sp³-hybridized carbons (Fsp3) is 0.154. The normalized spacial score (nSPS) is 10.9. The van der Waals surface area contributed by atoms with E-state index in [1.165, 1.54) is 31.2 Å². The van der Waals surface area contributed by atoms with E-state index >= 15 is 0 Å². The van der Waals surface area contributed by atoms with Crippen LogP contribution in [-0.2, 0) is 4.79 Å². The van der Waals surface area contributed by atoms with Crippen molar-refractivity contribution >= 4 is 23.9 Å². The molecule has 10 nitrogen and oxygen atoms in total. The number of thioether (sulfide) groups is 1. The summed E-state index contributed by atoms with van der Waals surface area (Å²) in [7, 11) is 4.63. The molecule has 37 heavy (non-hydrogen) atoms. The Bertz CT molecular complexity index is 1410. The van der Waals surface area contributed by atoms with Crippen molar-refractivity contribution in [2.24, 2.45) is 5.10 Å². The molecule has 0 unspecified atom stereocenters. The van der Waals surface area contributed by atoms with Crippen LogP contribution in [-0.4, -0.2) is 54.5 Å². The summed E-state index contributed by atoms with van der Waals surface area (Å²) in [6.45, 7) is 0. The Morgan fingerprint density at radius 1 is 1.03 bits per heavy atom. The SMILES string of the molecule is COc1cc(/C=N\NC(=O)CSc2n[nH]c(-c3ccc(OC)c(OC)c3)[n+]2-c2ccccc2)ccc1O. The third kappa shape index (κ3) is 6.01. The van der Waals surface area contributed by atoms with Crippen LogP contribution in [0, 0.1) is 0 Å². The van der Waals surface area contributed by atoms with E-state index in [0.717, 1.165) is 11.3 Å². The molecule has 4 aromatic rings. The third-order valence-corrected chi connectivity index (χ3v) is 6.22. The number of carbonyl (C=O) groups excluding carboxylic acids is 1. The van der Waals surface area contributed by atoms with E-state index in [4.69, 9.17) is 14.2 Å². The molecule has 0 aliphatic rings. The van der Waals surface area contributed by atoms with Crippen LogP contribution in [0.15, 0.2) is 77.0 Å². The Morgan fingerprint density at radius 3 is 2.51 bits per heavy atom. The van der Waals surface area contributed by atoms with Crippen LogP contribution in [0.25, 0.3) is 17.1 Å². The summed E-state index contributed by atoms with van der Waals surface area (Å²) in [6.07, 6.45) is 1.47. The van der Waals surface area contributed by atoms with Crippen LogP contribution in [0.1, 0.15) is 5.56 Å². The quantitative estimate of drug-likeness (QED) is 0.127. The second-order valence-electron chi connectivity index (χ2n) is 7.61. The van der Waals surface area contributed by atoms with Gasteiger partial charge in [-0.15, -0.1) is 5.10 Å². The average Bonchev–Trinajstić information content (AvgIpc) is 3.36. The van der Waals surface area contributed by atoms with E-state index in [1.807, 2.05) is 53.1 Å². The molecule has 190 valence electrons. The molecular weight excluding hydrogens is 494 g/mol. The minimum Gasteiger partial charge on any atom is -0.504 e. The Morgan fingerprint density at radius 2 is 1.78 bits per heavy atom. The van der Waals surface area contributed by atoms with Gasteiger partial charge in [-0.25, -0.2) is 5.43 Å². The number of nitrogens with one attached hydrogen (secondary N) is 2. The van der Waals surface area contributed by atoms with Crippen molar-refractivity contribution in [2.75, 3.05) is 27.1 Å². The van der Waals surface area contributed by atoms with Crippen LogP contribution in [0.4, 0.5) is 0 Å². The lowest BCUT2D eigenvalue weighted by Gasteiger charge is -2.09. The molecule has 0 bridgehead atoms. The fourth-order valence-corrected chi connectivity index (χ4v) is 4.26. The van der Waals surface area contributed by atoms with E-state index in [9.17, 15) is 9.90 Å². The summed E-state index contributed by atoms with van der Waals surface area (Å²) in [4.78, 5) is 12.5. The van der Waals surface area contributed by atoms with E-state index in [0.29, 0.717) is 33.8 Å². The molecule has 0 saturated heterocycles. The summed E-state index contributed by atoms with van der Waals surface area (Å²) in [5.41, 5.74) is 4.88. The number of ether oxygens (including phenoxy) is 3. The summed E-state index contributed by atoms with van der Waals surface area (Å²) in [5.74, 6) is 2.05. The zero-order chi connectivity index (χ0) is 26.2. The van der Waals surface area contributed by atoms with E-state index < -0.39 is 0 Å². The van der Waals surface area contributed by atoms with Gasteiger partial charge in [-0.1, -0.05) is 18.2 Å². The van der Waals surface area contributed by atoms with Crippen LogP contribution < -0.4 is 24.2 Å². The van der Waals surface area contributed by atoms with Crippen molar-refractivity contribution in [3.63, 3.8) is 0 Å². The number of aromatic nitrogens is 3. The highest BCUT2D eigenvalue weighted by Crippen LogP contribution is 2.31. The molecule has 0 spiro atoms. The maximum Gasteiger partial charge on any atom is 0.342 e. The van der Waals surface area contributed by atoms with E-state index in [-0.39, 0.29) is 17.4 Å². The summed E-state index contributed by atoms with van der Waals surface area (Å²) in [6, 6.07) is 20.1. The number of para-hydroxylation sites is 1. The number of carbonyl (C=O) groups is 1. The number of phenolic OH excluding ortho intramolecular Hbond substituents is 1. The Kier molecular flexibility index (Phi) is 8.26. The van der Waals surface area contributed by atoms with Crippen molar-refractivity contribution in [1.29, 1.82) is 0 Å². The summed E-state index contributed by atoms with van der Waals surface area (Å²) in [5, 5.41) is 21.8. The first-order chi connectivity index (χ1) is 18.0. The monoisotopic (exact) mass is 520 g/mol. The topological polar surface area (TPSA) is 122 Å². The first-order valence-electron chi connectivity index (χ1n) is 11.1. The van der Waals surface area contributed by atoms with Gasteiger partial charge in [0.15, 0.2) is 23.0 Å². The molecule has 0 atom stereocenters. The van der Waals surface area contributed by atoms with Crippen LogP contribution in [0.3, 0.4) is 0 Å². The molecule has 3 N–H and O–H groups in total. The molecule has 0 radical (unpaired) electrons. The number of hydrogen-bond donors (Lipinski definition) is 3. The van der Waals surface area contributed by atoms with Gasteiger partial charge in [0.05, 0.1) is 44.0 Å². The first-order valence-corrected chi connectivity index (χ1v) is 12.1. The van der Waals surface area contributed by atoms with Gasteiger partial charge < -0.3 is 19.3 Å².